The molecule has 0 amide bonds. The lowest BCUT2D eigenvalue weighted by molar-refractivity contribution is 0.575. The van der Waals surface area contributed by atoms with E-state index in [0.717, 1.165) is 23.7 Å². The fourth-order valence-electron chi connectivity index (χ4n) is 2.50. The van der Waals surface area contributed by atoms with Gasteiger partial charge in [-0.15, -0.1) is 0 Å². The van der Waals surface area contributed by atoms with E-state index in [0.29, 0.717) is 13.1 Å². The maximum atomic E-state index is 14.0. The molecule has 2 aromatic rings. The SMILES string of the molecule is CCNc1nc(N2CCc3ccccc32)c(F)cc1F. The molecular weight excluding hydrogens is 260 g/mol. The number of hydrogen-bond acceptors (Lipinski definition) is 3. The monoisotopic (exact) mass is 275 g/mol. The van der Waals surface area contributed by atoms with E-state index in [2.05, 4.69) is 10.3 Å². The second-order valence-corrected chi connectivity index (χ2v) is 4.68. The molecule has 2 heterocycles. The summed E-state index contributed by atoms with van der Waals surface area (Å²) >= 11 is 0. The second kappa shape index (κ2) is 5.07. The van der Waals surface area contributed by atoms with Crippen molar-refractivity contribution in [2.24, 2.45) is 0 Å². The highest BCUT2D eigenvalue weighted by molar-refractivity contribution is 5.68. The van der Waals surface area contributed by atoms with Crippen LogP contribution in [0.2, 0.25) is 0 Å². The van der Waals surface area contributed by atoms with Crippen molar-refractivity contribution >= 4 is 17.3 Å². The minimum absolute atomic E-state index is 0.0910. The van der Waals surface area contributed by atoms with Gasteiger partial charge in [-0.2, -0.15) is 0 Å². The number of pyridine rings is 1. The van der Waals surface area contributed by atoms with E-state index in [9.17, 15) is 8.78 Å². The first-order valence-corrected chi connectivity index (χ1v) is 6.66. The molecule has 0 unspecified atom stereocenters. The molecule has 0 atom stereocenters. The largest absolute Gasteiger partial charge is 0.368 e. The van der Waals surface area contributed by atoms with Crippen LogP contribution in [0.5, 0.6) is 0 Å². The van der Waals surface area contributed by atoms with E-state index in [4.69, 9.17) is 0 Å². The number of rotatable bonds is 3. The predicted molar refractivity (Wildman–Crippen MR) is 75.5 cm³/mol. The van der Waals surface area contributed by atoms with Crippen LogP contribution in [-0.4, -0.2) is 18.1 Å². The molecule has 0 fully saturated rings. The lowest BCUT2D eigenvalue weighted by Crippen LogP contribution is -2.18. The number of fused-ring (bicyclic) bond motifs is 1. The van der Waals surface area contributed by atoms with Gasteiger partial charge < -0.3 is 10.2 Å². The first kappa shape index (κ1) is 12.8. The third kappa shape index (κ3) is 2.09. The van der Waals surface area contributed by atoms with Crippen LogP contribution in [0.3, 0.4) is 0 Å². The maximum Gasteiger partial charge on any atom is 0.171 e. The van der Waals surface area contributed by atoms with Gasteiger partial charge in [0.25, 0.3) is 0 Å². The van der Waals surface area contributed by atoms with Gasteiger partial charge >= 0.3 is 0 Å². The van der Waals surface area contributed by atoms with Gasteiger partial charge in [0.15, 0.2) is 23.3 Å². The molecule has 1 N–H and O–H groups in total. The van der Waals surface area contributed by atoms with Crippen molar-refractivity contribution in [3.8, 4) is 0 Å². The molecule has 0 saturated heterocycles. The zero-order chi connectivity index (χ0) is 14.1. The van der Waals surface area contributed by atoms with Gasteiger partial charge in [0, 0.05) is 24.8 Å². The molecule has 1 aromatic heterocycles. The number of para-hydroxylation sites is 1. The Labute approximate surface area is 116 Å². The van der Waals surface area contributed by atoms with Crippen LogP contribution in [0.25, 0.3) is 0 Å². The molecule has 3 nitrogen and oxygen atoms in total. The van der Waals surface area contributed by atoms with E-state index in [1.807, 2.05) is 31.2 Å². The van der Waals surface area contributed by atoms with Gasteiger partial charge in [-0.05, 0) is 25.0 Å². The average Bonchev–Trinajstić information content (AvgIpc) is 2.86. The Hall–Kier alpha value is -2.17. The zero-order valence-electron chi connectivity index (χ0n) is 11.2. The van der Waals surface area contributed by atoms with Crippen LogP contribution in [0.15, 0.2) is 30.3 Å². The zero-order valence-corrected chi connectivity index (χ0v) is 11.2. The number of anilines is 3. The average molecular weight is 275 g/mol. The highest BCUT2D eigenvalue weighted by Gasteiger charge is 2.24. The molecule has 3 rings (SSSR count). The van der Waals surface area contributed by atoms with Crippen molar-refractivity contribution < 1.29 is 8.78 Å². The molecule has 0 radical (unpaired) electrons. The van der Waals surface area contributed by atoms with Crippen LogP contribution < -0.4 is 10.2 Å². The van der Waals surface area contributed by atoms with Crippen LogP contribution in [-0.2, 0) is 6.42 Å². The number of nitrogens with zero attached hydrogens (tertiary/aromatic N) is 2. The van der Waals surface area contributed by atoms with Gasteiger partial charge in [0.1, 0.15) is 0 Å². The number of nitrogens with one attached hydrogen (secondary N) is 1. The topological polar surface area (TPSA) is 28.2 Å². The fraction of sp³-hybridized carbons (Fsp3) is 0.267. The van der Waals surface area contributed by atoms with Crippen LogP contribution in [0, 0.1) is 11.6 Å². The Bertz CT molecular complexity index is 643. The lowest BCUT2D eigenvalue weighted by atomic mass is 10.2. The highest BCUT2D eigenvalue weighted by Crippen LogP contribution is 2.35. The molecule has 0 saturated carbocycles. The molecular formula is C15H15F2N3. The van der Waals surface area contributed by atoms with Gasteiger partial charge in [0.05, 0.1) is 0 Å². The van der Waals surface area contributed by atoms with E-state index in [1.165, 1.54) is 0 Å². The van der Waals surface area contributed by atoms with E-state index in [-0.39, 0.29) is 11.6 Å². The van der Waals surface area contributed by atoms with E-state index >= 15 is 0 Å². The number of benzene rings is 1. The van der Waals surface area contributed by atoms with Crippen molar-refractivity contribution in [1.82, 2.24) is 4.98 Å². The van der Waals surface area contributed by atoms with Crippen molar-refractivity contribution in [3.63, 3.8) is 0 Å². The van der Waals surface area contributed by atoms with Crippen molar-refractivity contribution in [2.75, 3.05) is 23.3 Å². The van der Waals surface area contributed by atoms with Gasteiger partial charge in [-0.25, -0.2) is 13.8 Å². The minimum Gasteiger partial charge on any atom is -0.368 e. The summed E-state index contributed by atoms with van der Waals surface area (Å²) in [6, 6.07) is 8.70. The summed E-state index contributed by atoms with van der Waals surface area (Å²) in [6.45, 7) is 3.03. The number of hydrogen-bond donors (Lipinski definition) is 1. The number of halogens is 2. The smallest absolute Gasteiger partial charge is 0.171 e. The summed E-state index contributed by atoms with van der Waals surface area (Å²) in [7, 11) is 0. The molecule has 1 aliphatic rings. The first-order valence-electron chi connectivity index (χ1n) is 6.66. The third-order valence-electron chi connectivity index (χ3n) is 3.40. The summed E-state index contributed by atoms with van der Waals surface area (Å²) < 4.78 is 27.7. The van der Waals surface area contributed by atoms with Gasteiger partial charge in [-0.1, -0.05) is 18.2 Å². The molecule has 5 heteroatoms. The summed E-state index contributed by atoms with van der Waals surface area (Å²) in [6.07, 6.45) is 0.839. The molecule has 1 aliphatic heterocycles. The van der Waals surface area contributed by atoms with Crippen molar-refractivity contribution in [2.45, 2.75) is 13.3 Å². The quantitative estimate of drug-likeness (QED) is 0.929. The standard InChI is InChI=1S/C15H15F2N3/c1-2-18-14-11(16)9-12(17)15(19-14)20-8-7-10-5-3-4-6-13(10)20/h3-6,9H,2,7-8H2,1H3,(H,18,19). The van der Waals surface area contributed by atoms with E-state index in [1.54, 1.807) is 4.90 Å². The minimum atomic E-state index is -0.666. The Morgan fingerprint density at radius 2 is 2.05 bits per heavy atom. The Morgan fingerprint density at radius 1 is 1.25 bits per heavy atom. The van der Waals surface area contributed by atoms with E-state index < -0.39 is 11.6 Å². The van der Waals surface area contributed by atoms with Crippen molar-refractivity contribution in [1.29, 1.82) is 0 Å². The summed E-state index contributed by atoms with van der Waals surface area (Å²) in [5.41, 5.74) is 2.09. The summed E-state index contributed by atoms with van der Waals surface area (Å²) in [5.74, 6) is -1.04. The van der Waals surface area contributed by atoms with Crippen LogP contribution in [0.1, 0.15) is 12.5 Å². The fourth-order valence-corrected chi connectivity index (χ4v) is 2.50. The molecule has 0 bridgehead atoms. The molecule has 104 valence electrons. The lowest BCUT2D eigenvalue weighted by Gasteiger charge is -2.20. The maximum absolute atomic E-state index is 14.0. The highest BCUT2D eigenvalue weighted by atomic mass is 19.1. The second-order valence-electron chi connectivity index (χ2n) is 4.68. The molecule has 0 spiro atoms. The first-order chi connectivity index (χ1) is 9.70. The normalized spacial score (nSPS) is 13.4. The molecule has 20 heavy (non-hydrogen) atoms. The molecule has 1 aromatic carbocycles. The number of aromatic nitrogens is 1. The van der Waals surface area contributed by atoms with Crippen molar-refractivity contribution in [3.05, 3.63) is 47.5 Å². The van der Waals surface area contributed by atoms with Gasteiger partial charge in [0.2, 0.25) is 0 Å². The summed E-state index contributed by atoms with van der Waals surface area (Å²) in [5, 5.41) is 2.81. The Balaban J connectivity index is 2.05. The third-order valence-corrected chi connectivity index (χ3v) is 3.40. The van der Waals surface area contributed by atoms with Gasteiger partial charge in [-0.3, -0.25) is 0 Å². The predicted octanol–water partition coefficient (Wildman–Crippen LogP) is 3.49. The molecule has 0 aliphatic carbocycles. The van der Waals surface area contributed by atoms with Crippen LogP contribution in [0.4, 0.5) is 26.1 Å². The summed E-state index contributed by atoms with van der Waals surface area (Å²) in [4.78, 5) is 5.90. The van der Waals surface area contributed by atoms with Crippen LogP contribution >= 0.6 is 0 Å². The Morgan fingerprint density at radius 3 is 2.85 bits per heavy atom. The Kier molecular flexibility index (Phi) is 3.26.